The molecule has 0 saturated heterocycles. The van der Waals surface area contributed by atoms with Crippen molar-refractivity contribution in [3.05, 3.63) is 59.2 Å². The number of halogens is 3. The van der Waals surface area contributed by atoms with Crippen molar-refractivity contribution in [2.75, 3.05) is 6.26 Å². The first-order chi connectivity index (χ1) is 14.3. The van der Waals surface area contributed by atoms with E-state index in [-0.39, 0.29) is 23.5 Å². The average Bonchev–Trinajstić information content (AvgIpc) is 2.63. The highest BCUT2D eigenvalue weighted by molar-refractivity contribution is 7.86. The van der Waals surface area contributed by atoms with Crippen LogP contribution in [0.1, 0.15) is 43.0 Å². The van der Waals surface area contributed by atoms with Crippen molar-refractivity contribution in [2.24, 2.45) is 11.7 Å². The Balaban J connectivity index is 2.13. The summed E-state index contributed by atoms with van der Waals surface area (Å²) in [7, 11) is -4.17. The van der Waals surface area contributed by atoms with Gasteiger partial charge in [0.15, 0.2) is 0 Å². The third-order valence-corrected chi connectivity index (χ3v) is 5.60. The smallest absolute Gasteiger partial charge is 0.366 e. The second-order valence-electron chi connectivity index (χ2n) is 8.01. The Kier molecular flexibility index (Phi) is 5.94. The van der Waals surface area contributed by atoms with Crippen LogP contribution in [-0.4, -0.2) is 26.3 Å². The van der Waals surface area contributed by atoms with Crippen LogP contribution in [0.25, 0.3) is 11.1 Å². The average molecular weight is 456 g/mol. The lowest BCUT2D eigenvalue weighted by Gasteiger charge is -2.43. The predicted octanol–water partition coefficient (Wildman–Crippen LogP) is 3.57. The van der Waals surface area contributed by atoms with E-state index in [1.807, 2.05) is 0 Å². The van der Waals surface area contributed by atoms with Gasteiger partial charge in [0.2, 0.25) is 5.72 Å². The summed E-state index contributed by atoms with van der Waals surface area (Å²) < 4.78 is 70.2. The van der Waals surface area contributed by atoms with Gasteiger partial charge in [-0.15, -0.1) is 0 Å². The number of nitrogens with two attached hydrogens (primary N) is 1. The molecule has 2 aromatic carbocycles. The van der Waals surface area contributed by atoms with Crippen molar-refractivity contribution in [1.82, 2.24) is 5.32 Å². The van der Waals surface area contributed by atoms with E-state index in [0.717, 1.165) is 6.26 Å². The topological polar surface area (TPSA) is 98.5 Å². The molecule has 4 rings (SSSR count). The van der Waals surface area contributed by atoms with Gasteiger partial charge in [-0.05, 0) is 28.2 Å². The minimum atomic E-state index is -4.63. The van der Waals surface area contributed by atoms with Gasteiger partial charge < -0.3 is 5.73 Å². The number of carbonyl (C=O) groups is 1. The Morgan fingerprint density at radius 2 is 1.77 bits per heavy atom. The van der Waals surface area contributed by atoms with Crippen LogP contribution >= 0.6 is 0 Å². The number of carbonyl (C=O) groups excluding carboxylic acids is 1. The maximum atomic E-state index is 13.8. The van der Waals surface area contributed by atoms with Crippen LogP contribution in [0.5, 0.6) is 0 Å². The second-order valence-corrected chi connectivity index (χ2v) is 9.58. The summed E-state index contributed by atoms with van der Waals surface area (Å²) in [5.74, 6) is -1.38. The fourth-order valence-electron chi connectivity index (χ4n) is 3.99. The SMILES string of the molecule is CC(C)C[C@@](N[C@@H]1c2ccc(-c3ccccc3)c1c2C(F)(F)F)(OS(C)(=O)=O)C(N)=O. The summed E-state index contributed by atoms with van der Waals surface area (Å²) in [5.41, 5.74) is 3.19. The number of amides is 1. The fraction of sp³-hybridized carbons (Fsp3) is 0.381. The molecular weight excluding hydrogens is 433 g/mol. The minimum Gasteiger partial charge on any atom is -0.366 e. The van der Waals surface area contributed by atoms with Crippen molar-refractivity contribution in [1.29, 1.82) is 0 Å². The highest BCUT2D eigenvalue weighted by atomic mass is 32.2. The zero-order valence-corrected chi connectivity index (χ0v) is 18.0. The molecule has 31 heavy (non-hydrogen) atoms. The summed E-state index contributed by atoms with van der Waals surface area (Å²) in [6.45, 7) is 3.42. The van der Waals surface area contributed by atoms with Gasteiger partial charge in [0, 0.05) is 6.42 Å². The number of rotatable bonds is 8. The Hall–Kier alpha value is -2.43. The normalized spacial score (nSPS) is 17.8. The number of alkyl halides is 3. The zero-order valence-electron chi connectivity index (χ0n) is 17.2. The van der Waals surface area contributed by atoms with Crippen LogP contribution in [0.2, 0.25) is 0 Å². The summed E-state index contributed by atoms with van der Waals surface area (Å²) in [5, 5.41) is 2.72. The van der Waals surface area contributed by atoms with Gasteiger partial charge in [-0.3, -0.25) is 10.1 Å². The molecule has 0 heterocycles. The van der Waals surface area contributed by atoms with Crippen LogP contribution < -0.4 is 11.1 Å². The molecule has 168 valence electrons. The lowest BCUT2D eigenvalue weighted by Crippen LogP contribution is -2.61. The van der Waals surface area contributed by atoms with Crippen LogP contribution in [-0.2, 0) is 25.3 Å². The summed E-state index contributed by atoms with van der Waals surface area (Å²) in [6, 6.07) is 10.3. The number of fused-ring (bicyclic) bond motifs is 2. The van der Waals surface area contributed by atoms with Crippen molar-refractivity contribution in [2.45, 2.75) is 38.2 Å². The largest absolute Gasteiger partial charge is 0.417 e. The number of hydrogen-bond donors (Lipinski definition) is 2. The lowest BCUT2D eigenvalue weighted by molar-refractivity contribution is -0.144. The van der Waals surface area contributed by atoms with E-state index in [9.17, 15) is 26.4 Å². The Labute approximate surface area is 178 Å². The van der Waals surface area contributed by atoms with Gasteiger partial charge in [0.1, 0.15) is 0 Å². The molecular formula is C21H23F3N2O4S. The van der Waals surface area contributed by atoms with Gasteiger partial charge in [0.05, 0.1) is 17.9 Å². The Bertz CT molecular complexity index is 1100. The van der Waals surface area contributed by atoms with E-state index in [4.69, 9.17) is 9.92 Å². The molecule has 10 heteroatoms. The number of benzene rings is 2. The van der Waals surface area contributed by atoms with Gasteiger partial charge in [-0.25, -0.2) is 4.18 Å². The van der Waals surface area contributed by atoms with Crippen LogP contribution in [0, 0.1) is 5.92 Å². The van der Waals surface area contributed by atoms with Crippen LogP contribution in [0.4, 0.5) is 13.2 Å². The first-order valence-corrected chi connectivity index (χ1v) is 11.3. The van der Waals surface area contributed by atoms with Crippen LogP contribution in [0.3, 0.4) is 0 Å². The van der Waals surface area contributed by atoms with E-state index in [1.54, 1.807) is 50.2 Å². The maximum Gasteiger partial charge on any atom is 0.417 e. The van der Waals surface area contributed by atoms with Gasteiger partial charge in [0.25, 0.3) is 16.0 Å². The van der Waals surface area contributed by atoms with Crippen LogP contribution in [0.15, 0.2) is 42.5 Å². The third-order valence-electron chi connectivity index (χ3n) is 5.01. The highest BCUT2D eigenvalue weighted by Crippen LogP contribution is 2.53. The number of hydrogen-bond acceptors (Lipinski definition) is 5. The standard InChI is InChI=1S/C21H23F3N2O4S/c1-12(2)11-20(19(25)27,30-31(3,28)29)26-18-15-10-9-14(13-7-5-4-6-8-13)16(18)17(15)21(22,23)24/h4-10,12,18,26H,11H2,1-3H3,(H2,25,27)/t18-,20-/m1/s1. The molecule has 2 atom stereocenters. The summed E-state index contributed by atoms with van der Waals surface area (Å²) in [6.07, 6.45) is -4.03. The Morgan fingerprint density at radius 1 is 1.16 bits per heavy atom. The first kappa shape index (κ1) is 23.2. The predicted molar refractivity (Wildman–Crippen MR) is 109 cm³/mol. The molecule has 0 fully saturated rings. The molecule has 6 nitrogen and oxygen atoms in total. The van der Waals surface area contributed by atoms with Crippen molar-refractivity contribution < 1.29 is 30.6 Å². The Morgan fingerprint density at radius 3 is 2.26 bits per heavy atom. The van der Waals surface area contributed by atoms with Gasteiger partial charge in [-0.1, -0.05) is 56.3 Å². The number of nitrogens with one attached hydrogen (secondary N) is 1. The molecule has 2 bridgehead atoms. The van der Waals surface area contributed by atoms with E-state index in [1.165, 1.54) is 6.07 Å². The van der Waals surface area contributed by atoms with E-state index < -0.39 is 39.5 Å². The molecule has 0 unspecified atom stereocenters. The van der Waals surface area contributed by atoms with Gasteiger partial charge in [-0.2, -0.15) is 21.6 Å². The van der Waals surface area contributed by atoms with E-state index >= 15 is 0 Å². The van der Waals surface area contributed by atoms with Gasteiger partial charge >= 0.3 is 6.18 Å². The first-order valence-electron chi connectivity index (χ1n) is 9.53. The molecule has 2 aliphatic rings. The molecule has 2 aliphatic carbocycles. The molecule has 3 N–H and O–H groups in total. The fourth-order valence-corrected chi connectivity index (χ4v) is 4.70. The molecule has 0 spiro atoms. The quantitative estimate of drug-likeness (QED) is 0.468. The monoisotopic (exact) mass is 456 g/mol. The van der Waals surface area contributed by atoms with E-state index in [0.29, 0.717) is 11.1 Å². The second kappa shape index (κ2) is 7.92. The molecule has 1 amide bonds. The third kappa shape index (κ3) is 4.60. The van der Waals surface area contributed by atoms with Crippen molar-refractivity contribution >= 4 is 16.0 Å². The summed E-state index contributed by atoms with van der Waals surface area (Å²) in [4.78, 5) is 12.4. The molecule has 0 aliphatic heterocycles. The molecule has 0 aromatic heterocycles. The maximum absolute atomic E-state index is 13.8. The minimum absolute atomic E-state index is 0.0808. The summed E-state index contributed by atoms with van der Waals surface area (Å²) >= 11 is 0. The number of primary amides is 1. The molecule has 0 radical (unpaired) electrons. The lowest BCUT2D eigenvalue weighted by atomic mass is 9.73. The van der Waals surface area contributed by atoms with Crippen molar-refractivity contribution in [3.63, 3.8) is 0 Å². The molecule has 2 aromatic rings. The molecule has 0 saturated carbocycles. The highest BCUT2D eigenvalue weighted by Gasteiger charge is 2.52. The van der Waals surface area contributed by atoms with E-state index in [2.05, 4.69) is 5.32 Å². The van der Waals surface area contributed by atoms with Crippen molar-refractivity contribution in [3.8, 4) is 11.1 Å². The zero-order chi connectivity index (χ0) is 23.2.